The van der Waals surface area contributed by atoms with Crippen LogP contribution in [0.1, 0.15) is 38.3 Å². The van der Waals surface area contributed by atoms with Crippen LogP contribution in [-0.2, 0) is 4.79 Å². The van der Waals surface area contributed by atoms with Gasteiger partial charge in [-0.2, -0.15) is 0 Å². The van der Waals surface area contributed by atoms with E-state index in [1.165, 1.54) is 11.8 Å². The summed E-state index contributed by atoms with van der Waals surface area (Å²) < 4.78 is 7.20. The van der Waals surface area contributed by atoms with Gasteiger partial charge in [0.1, 0.15) is 11.0 Å². The van der Waals surface area contributed by atoms with Gasteiger partial charge in [0, 0.05) is 18.7 Å². The van der Waals surface area contributed by atoms with Crippen molar-refractivity contribution in [2.45, 2.75) is 43.1 Å². The molecule has 0 saturated carbocycles. The van der Waals surface area contributed by atoms with Crippen molar-refractivity contribution >= 4 is 29.3 Å². The monoisotopic (exact) mass is 485 g/mol. The second kappa shape index (κ2) is 10.5. The Kier molecular flexibility index (Phi) is 7.45. The Morgan fingerprint density at radius 3 is 2.52 bits per heavy atom. The van der Waals surface area contributed by atoms with Crippen molar-refractivity contribution in [3.05, 3.63) is 59.1 Å². The number of hydrogen-bond donors (Lipinski definition) is 1. The first kappa shape index (κ1) is 23.4. The molecule has 2 heterocycles. The lowest BCUT2D eigenvalue weighted by Gasteiger charge is -2.36. The minimum absolute atomic E-state index is 0.0867. The van der Waals surface area contributed by atoms with E-state index in [-0.39, 0.29) is 11.9 Å². The Morgan fingerprint density at radius 1 is 1.15 bits per heavy atom. The van der Waals surface area contributed by atoms with Crippen LogP contribution in [0.3, 0.4) is 0 Å². The maximum atomic E-state index is 13.7. The van der Waals surface area contributed by atoms with Gasteiger partial charge in [-0.05, 0) is 30.5 Å². The molecular formula is C24H28ClN5O2S. The molecule has 0 unspecified atom stereocenters. The number of carbonyl (C=O) groups is 1. The number of benzene rings is 2. The Bertz CT molecular complexity index is 1100. The van der Waals surface area contributed by atoms with Crippen LogP contribution in [0.15, 0.2) is 53.7 Å². The average Bonchev–Trinajstić information content (AvgIpc) is 3.26. The number of fused-ring (bicyclic) bond motifs is 1. The van der Waals surface area contributed by atoms with Gasteiger partial charge in [0.25, 0.3) is 0 Å². The molecule has 1 amide bonds. The molecule has 0 aliphatic carbocycles. The molecule has 174 valence electrons. The molecule has 0 spiro atoms. The summed E-state index contributed by atoms with van der Waals surface area (Å²) >= 11 is 7.90. The third-order valence-electron chi connectivity index (χ3n) is 5.55. The molecule has 1 aromatic heterocycles. The second-order valence-electron chi connectivity index (χ2n) is 7.87. The lowest BCUT2D eigenvalue weighted by Crippen LogP contribution is -2.46. The number of nitrogens with one attached hydrogen (secondary N) is 1. The normalized spacial score (nSPS) is 17.2. The number of ether oxygens (including phenoxy) is 1. The fraction of sp³-hybridized carbons (Fsp3) is 0.375. The third-order valence-corrected chi connectivity index (χ3v) is 7.04. The summed E-state index contributed by atoms with van der Waals surface area (Å²) in [5.74, 6) is 1.39. The van der Waals surface area contributed by atoms with E-state index in [0.717, 1.165) is 37.1 Å². The van der Waals surface area contributed by atoms with Crippen LogP contribution in [0.2, 0.25) is 5.02 Å². The van der Waals surface area contributed by atoms with Gasteiger partial charge < -0.3 is 15.1 Å². The van der Waals surface area contributed by atoms with E-state index in [1.54, 1.807) is 7.11 Å². The summed E-state index contributed by atoms with van der Waals surface area (Å²) in [6.45, 7) is 5.63. The van der Waals surface area contributed by atoms with Crippen LogP contribution in [0, 0.1) is 0 Å². The number of carbonyl (C=O) groups excluding carboxylic acids is 1. The molecule has 1 N–H and O–H groups in total. The Labute approximate surface area is 203 Å². The van der Waals surface area contributed by atoms with Crippen molar-refractivity contribution < 1.29 is 9.53 Å². The molecule has 2 atom stereocenters. The molecule has 1 aliphatic rings. The van der Waals surface area contributed by atoms with E-state index in [4.69, 9.17) is 16.3 Å². The van der Waals surface area contributed by atoms with Gasteiger partial charge >= 0.3 is 0 Å². The van der Waals surface area contributed by atoms with Crippen molar-refractivity contribution in [2.75, 3.05) is 25.6 Å². The van der Waals surface area contributed by atoms with E-state index in [9.17, 15) is 4.79 Å². The smallest absolute Gasteiger partial charge is 0.238 e. The summed E-state index contributed by atoms with van der Waals surface area (Å²) in [7, 11) is 1.59. The summed E-state index contributed by atoms with van der Waals surface area (Å²) in [4.78, 5) is 15.7. The summed E-state index contributed by atoms with van der Waals surface area (Å²) in [6.07, 6.45) is 1.81. The minimum Gasteiger partial charge on any atom is -0.495 e. The van der Waals surface area contributed by atoms with Crippen LogP contribution < -0.4 is 10.2 Å². The number of halogens is 1. The van der Waals surface area contributed by atoms with E-state index in [1.807, 2.05) is 58.1 Å². The zero-order chi connectivity index (χ0) is 23.4. The molecule has 33 heavy (non-hydrogen) atoms. The van der Waals surface area contributed by atoms with E-state index in [2.05, 4.69) is 29.5 Å². The summed E-state index contributed by atoms with van der Waals surface area (Å²) in [5, 5.41) is 9.56. The lowest BCUT2D eigenvalue weighted by atomic mass is 10.0. The Balaban J connectivity index is 1.76. The van der Waals surface area contributed by atoms with Crippen molar-refractivity contribution in [2.24, 2.45) is 0 Å². The summed E-state index contributed by atoms with van der Waals surface area (Å²) in [6, 6.07) is 15.2. The molecule has 2 aromatic carbocycles. The molecule has 0 radical (unpaired) electrons. The van der Waals surface area contributed by atoms with E-state index >= 15 is 0 Å². The number of amides is 1. The van der Waals surface area contributed by atoms with Crippen LogP contribution in [0.5, 0.6) is 5.75 Å². The molecule has 9 heteroatoms. The molecule has 0 fully saturated rings. The molecular weight excluding hydrogens is 458 g/mol. The predicted molar refractivity (Wildman–Crippen MR) is 132 cm³/mol. The van der Waals surface area contributed by atoms with Gasteiger partial charge in [-0.1, -0.05) is 73.6 Å². The fourth-order valence-corrected chi connectivity index (χ4v) is 5.43. The van der Waals surface area contributed by atoms with Crippen LogP contribution in [0.4, 0.5) is 0 Å². The number of nitrogens with zero attached hydrogens (tertiary/aromatic N) is 4. The minimum atomic E-state index is -0.409. The Hall–Kier alpha value is -2.71. The van der Waals surface area contributed by atoms with Crippen molar-refractivity contribution in [3.63, 3.8) is 0 Å². The number of thioether (sulfide) groups is 1. The zero-order valence-corrected chi connectivity index (χ0v) is 20.6. The second-order valence-corrected chi connectivity index (χ2v) is 9.39. The van der Waals surface area contributed by atoms with E-state index in [0.29, 0.717) is 21.8 Å². The van der Waals surface area contributed by atoms with E-state index < -0.39 is 5.25 Å². The number of methoxy groups -OCH3 is 1. The predicted octanol–water partition coefficient (Wildman–Crippen LogP) is 5.01. The summed E-state index contributed by atoms with van der Waals surface area (Å²) in [5.41, 5.74) is 5.36. The quantitative estimate of drug-likeness (QED) is 0.483. The van der Waals surface area contributed by atoms with Gasteiger partial charge in [0.05, 0.1) is 18.2 Å². The van der Waals surface area contributed by atoms with Crippen molar-refractivity contribution in [3.8, 4) is 17.1 Å². The SMILES string of the molecule is CCCN(CCC)C(=O)[C@H]1Sc2nnc(-c3ccccc3)n2N[C@H]1c1ccc(OC)c(Cl)c1. The molecule has 3 aromatic rings. The highest BCUT2D eigenvalue weighted by atomic mass is 35.5. The highest BCUT2D eigenvalue weighted by Gasteiger charge is 2.40. The molecule has 4 rings (SSSR count). The van der Waals surface area contributed by atoms with Gasteiger partial charge in [0.15, 0.2) is 5.82 Å². The number of aromatic nitrogens is 3. The first-order valence-corrected chi connectivity index (χ1v) is 12.4. The fourth-order valence-electron chi connectivity index (χ4n) is 4.00. The van der Waals surface area contributed by atoms with Gasteiger partial charge in [-0.3, -0.25) is 4.79 Å². The van der Waals surface area contributed by atoms with Crippen molar-refractivity contribution in [1.29, 1.82) is 0 Å². The maximum absolute atomic E-state index is 13.7. The highest BCUT2D eigenvalue weighted by Crippen LogP contribution is 2.40. The molecule has 0 bridgehead atoms. The van der Waals surface area contributed by atoms with Crippen LogP contribution in [0.25, 0.3) is 11.4 Å². The lowest BCUT2D eigenvalue weighted by molar-refractivity contribution is -0.131. The van der Waals surface area contributed by atoms with Gasteiger partial charge in [-0.15, -0.1) is 10.2 Å². The largest absolute Gasteiger partial charge is 0.495 e. The maximum Gasteiger partial charge on any atom is 0.238 e. The number of rotatable bonds is 8. The molecule has 1 aliphatic heterocycles. The molecule has 0 saturated heterocycles. The topological polar surface area (TPSA) is 72.3 Å². The first-order valence-electron chi connectivity index (χ1n) is 11.1. The van der Waals surface area contributed by atoms with Crippen molar-refractivity contribution in [1.82, 2.24) is 19.8 Å². The molecule has 7 nitrogen and oxygen atoms in total. The Morgan fingerprint density at radius 2 is 1.88 bits per heavy atom. The van der Waals surface area contributed by atoms with Crippen LogP contribution in [-0.4, -0.2) is 51.1 Å². The standard InChI is InChI=1S/C24H28ClN5O2S/c1-4-13-29(14-5-2)23(31)21-20(17-11-12-19(32-3)18(25)15-17)28-30-22(26-27-24(30)33-21)16-9-7-6-8-10-16/h6-12,15,20-21,28H,4-5,13-14H2,1-3H3/t20-,21-/m0/s1. The van der Waals surface area contributed by atoms with Crippen LogP contribution >= 0.6 is 23.4 Å². The van der Waals surface area contributed by atoms with Gasteiger partial charge in [-0.25, -0.2) is 4.68 Å². The third kappa shape index (κ3) is 4.82. The number of hydrogen-bond acceptors (Lipinski definition) is 6. The first-order chi connectivity index (χ1) is 16.1. The average molecular weight is 486 g/mol. The zero-order valence-electron chi connectivity index (χ0n) is 19.0. The van der Waals surface area contributed by atoms with Gasteiger partial charge in [0.2, 0.25) is 11.1 Å². The highest BCUT2D eigenvalue weighted by molar-refractivity contribution is 8.00.